The van der Waals surface area contributed by atoms with E-state index in [4.69, 9.17) is 0 Å². The molecule has 1 aliphatic rings. The van der Waals surface area contributed by atoms with Crippen molar-refractivity contribution in [1.82, 2.24) is 20.1 Å². The molecule has 1 N–H and O–H groups in total. The molecule has 0 saturated heterocycles. The van der Waals surface area contributed by atoms with Crippen LogP contribution in [0.4, 0.5) is 0 Å². The quantitative estimate of drug-likeness (QED) is 0.744. The average Bonchev–Trinajstić information content (AvgIpc) is 3.21. The van der Waals surface area contributed by atoms with Crippen molar-refractivity contribution in [2.45, 2.75) is 38.4 Å². The minimum atomic E-state index is 0.762. The summed E-state index contributed by atoms with van der Waals surface area (Å²) >= 11 is 0. The van der Waals surface area contributed by atoms with E-state index < -0.39 is 0 Å². The van der Waals surface area contributed by atoms with Crippen LogP contribution in [-0.2, 0) is 13.1 Å². The van der Waals surface area contributed by atoms with Crippen LogP contribution in [0.2, 0.25) is 0 Å². The smallest absolute Gasteiger partial charge is 0.0544 e. The molecule has 0 unspecified atom stereocenters. The molecule has 0 aromatic carbocycles. The van der Waals surface area contributed by atoms with Crippen LogP contribution in [0.3, 0.4) is 0 Å². The molecule has 0 atom stereocenters. The Morgan fingerprint density at radius 2 is 2.00 bits per heavy atom. The van der Waals surface area contributed by atoms with Gasteiger partial charge in [-0.3, -0.25) is 4.98 Å². The zero-order valence-corrected chi connectivity index (χ0v) is 13.1. The second-order valence-electron chi connectivity index (χ2n) is 6.21. The van der Waals surface area contributed by atoms with E-state index in [1.54, 1.807) is 0 Å². The molecule has 4 nitrogen and oxygen atoms in total. The van der Waals surface area contributed by atoms with Gasteiger partial charge in [0, 0.05) is 25.3 Å². The second-order valence-corrected chi connectivity index (χ2v) is 6.21. The molecule has 1 aromatic rings. The van der Waals surface area contributed by atoms with Crippen molar-refractivity contribution >= 4 is 0 Å². The van der Waals surface area contributed by atoms with Crippen molar-refractivity contribution in [1.29, 1.82) is 0 Å². The maximum Gasteiger partial charge on any atom is 0.0544 e. The first-order valence-electron chi connectivity index (χ1n) is 7.64. The third-order valence-corrected chi connectivity index (χ3v) is 3.64. The van der Waals surface area contributed by atoms with Crippen LogP contribution in [0, 0.1) is 0 Å². The zero-order chi connectivity index (χ0) is 14.4. The molecular weight excluding hydrogens is 248 g/mol. The Bertz CT molecular complexity index is 384. The van der Waals surface area contributed by atoms with E-state index in [9.17, 15) is 0 Å². The second kappa shape index (κ2) is 7.72. The first kappa shape index (κ1) is 15.4. The molecule has 0 aliphatic heterocycles. The molecule has 20 heavy (non-hydrogen) atoms. The summed E-state index contributed by atoms with van der Waals surface area (Å²) in [7, 11) is 6.41. The van der Waals surface area contributed by atoms with Gasteiger partial charge in [-0.15, -0.1) is 0 Å². The predicted octanol–water partition coefficient (Wildman–Crippen LogP) is 1.72. The van der Waals surface area contributed by atoms with E-state index in [1.165, 1.54) is 24.8 Å². The SMILES string of the molecule is CN(C)CCCN(C)Cc1ccc(CNC2CC2)cn1. The van der Waals surface area contributed by atoms with Gasteiger partial charge in [-0.1, -0.05) is 6.07 Å². The lowest BCUT2D eigenvalue weighted by molar-refractivity contribution is 0.292. The summed E-state index contributed by atoms with van der Waals surface area (Å²) in [6.45, 7) is 4.15. The average molecular weight is 276 g/mol. The van der Waals surface area contributed by atoms with Crippen molar-refractivity contribution in [2.24, 2.45) is 0 Å². The number of hydrogen-bond acceptors (Lipinski definition) is 4. The Morgan fingerprint density at radius 3 is 2.60 bits per heavy atom. The topological polar surface area (TPSA) is 31.4 Å². The van der Waals surface area contributed by atoms with Gasteiger partial charge >= 0.3 is 0 Å². The van der Waals surface area contributed by atoms with Gasteiger partial charge < -0.3 is 15.1 Å². The summed E-state index contributed by atoms with van der Waals surface area (Å²) < 4.78 is 0. The minimum Gasteiger partial charge on any atom is -0.310 e. The standard InChI is InChI=1S/C16H28N4/c1-19(2)9-4-10-20(3)13-16-6-5-14(12-18-16)11-17-15-7-8-15/h5-6,12,15,17H,4,7-11,13H2,1-3H3. The fraction of sp³-hybridized carbons (Fsp3) is 0.688. The molecule has 1 aliphatic carbocycles. The van der Waals surface area contributed by atoms with Crippen molar-refractivity contribution < 1.29 is 0 Å². The van der Waals surface area contributed by atoms with Crippen molar-refractivity contribution in [3.63, 3.8) is 0 Å². The van der Waals surface area contributed by atoms with Crippen LogP contribution < -0.4 is 5.32 Å². The first-order chi connectivity index (χ1) is 9.63. The van der Waals surface area contributed by atoms with Crippen LogP contribution in [-0.4, -0.2) is 55.1 Å². The number of hydrogen-bond donors (Lipinski definition) is 1. The van der Waals surface area contributed by atoms with Crippen LogP contribution in [0.25, 0.3) is 0 Å². The molecule has 0 spiro atoms. The van der Waals surface area contributed by atoms with Gasteiger partial charge in [0.05, 0.1) is 5.69 Å². The fourth-order valence-electron chi connectivity index (χ4n) is 2.22. The van der Waals surface area contributed by atoms with E-state index in [-0.39, 0.29) is 0 Å². The van der Waals surface area contributed by atoms with Crippen LogP contribution >= 0.6 is 0 Å². The van der Waals surface area contributed by atoms with E-state index in [0.717, 1.165) is 37.9 Å². The van der Waals surface area contributed by atoms with Gasteiger partial charge in [0.15, 0.2) is 0 Å². The van der Waals surface area contributed by atoms with E-state index >= 15 is 0 Å². The molecule has 1 aromatic heterocycles. The van der Waals surface area contributed by atoms with E-state index in [1.807, 2.05) is 6.20 Å². The number of nitrogens with one attached hydrogen (secondary N) is 1. The molecule has 1 fully saturated rings. The largest absolute Gasteiger partial charge is 0.310 e. The van der Waals surface area contributed by atoms with Crippen molar-refractivity contribution in [3.05, 3.63) is 29.6 Å². The lowest BCUT2D eigenvalue weighted by Crippen LogP contribution is -2.23. The highest BCUT2D eigenvalue weighted by Gasteiger charge is 2.19. The Hall–Kier alpha value is -0.970. The first-order valence-corrected chi connectivity index (χ1v) is 7.64. The molecule has 112 valence electrons. The molecule has 2 rings (SSSR count). The molecule has 0 radical (unpaired) electrons. The monoisotopic (exact) mass is 276 g/mol. The summed E-state index contributed by atoms with van der Waals surface area (Å²) in [5, 5.41) is 3.52. The van der Waals surface area contributed by atoms with Gasteiger partial charge in [-0.05, 0) is 65.1 Å². The number of pyridine rings is 1. The highest BCUT2D eigenvalue weighted by atomic mass is 15.1. The zero-order valence-electron chi connectivity index (χ0n) is 13.1. The molecular formula is C16H28N4. The number of nitrogens with zero attached hydrogens (tertiary/aromatic N) is 3. The molecule has 4 heteroatoms. The summed E-state index contributed by atoms with van der Waals surface area (Å²) in [5.41, 5.74) is 2.45. The lowest BCUT2D eigenvalue weighted by atomic mass is 10.2. The Kier molecular flexibility index (Phi) is 5.95. The van der Waals surface area contributed by atoms with Gasteiger partial charge in [0.25, 0.3) is 0 Å². The maximum absolute atomic E-state index is 4.57. The minimum absolute atomic E-state index is 0.762. The third-order valence-electron chi connectivity index (χ3n) is 3.64. The van der Waals surface area contributed by atoms with E-state index in [2.05, 4.69) is 53.4 Å². The Morgan fingerprint density at radius 1 is 1.20 bits per heavy atom. The molecule has 1 saturated carbocycles. The fourth-order valence-corrected chi connectivity index (χ4v) is 2.22. The third kappa shape index (κ3) is 5.99. The maximum atomic E-state index is 4.57. The van der Waals surface area contributed by atoms with Gasteiger partial charge in [0.1, 0.15) is 0 Å². The van der Waals surface area contributed by atoms with Gasteiger partial charge in [-0.25, -0.2) is 0 Å². The Labute approximate surface area is 123 Å². The Balaban J connectivity index is 1.68. The van der Waals surface area contributed by atoms with Crippen molar-refractivity contribution in [2.75, 3.05) is 34.2 Å². The number of rotatable bonds is 9. The highest BCUT2D eigenvalue weighted by Crippen LogP contribution is 2.19. The van der Waals surface area contributed by atoms with Crippen LogP contribution in [0.5, 0.6) is 0 Å². The lowest BCUT2D eigenvalue weighted by Gasteiger charge is -2.17. The van der Waals surface area contributed by atoms with Crippen LogP contribution in [0.15, 0.2) is 18.3 Å². The van der Waals surface area contributed by atoms with Gasteiger partial charge in [0.2, 0.25) is 0 Å². The molecule has 0 amide bonds. The highest BCUT2D eigenvalue weighted by molar-refractivity contribution is 5.14. The number of aromatic nitrogens is 1. The normalized spacial score (nSPS) is 15.2. The summed E-state index contributed by atoms with van der Waals surface area (Å²) in [6.07, 6.45) is 5.89. The predicted molar refractivity (Wildman–Crippen MR) is 83.6 cm³/mol. The van der Waals surface area contributed by atoms with Crippen molar-refractivity contribution in [3.8, 4) is 0 Å². The summed E-state index contributed by atoms with van der Waals surface area (Å²) in [4.78, 5) is 9.14. The molecule has 1 heterocycles. The van der Waals surface area contributed by atoms with E-state index in [0.29, 0.717) is 0 Å². The molecule has 0 bridgehead atoms. The van der Waals surface area contributed by atoms with Gasteiger partial charge in [-0.2, -0.15) is 0 Å². The van der Waals surface area contributed by atoms with Crippen LogP contribution in [0.1, 0.15) is 30.5 Å². The summed E-state index contributed by atoms with van der Waals surface area (Å²) in [6, 6.07) is 5.12. The summed E-state index contributed by atoms with van der Waals surface area (Å²) in [5.74, 6) is 0.